The highest BCUT2D eigenvalue weighted by atomic mass is 16.5. The Morgan fingerprint density at radius 3 is 3.19 bits per heavy atom. The lowest BCUT2D eigenvalue weighted by Gasteiger charge is -2.27. The topological polar surface area (TPSA) is 53.1 Å². The summed E-state index contributed by atoms with van der Waals surface area (Å²) in [4.78, 5) is 4.24. The molecule has 90 valence electrons. The molecule has 0 amide bonds. The molecule has 2 atom stereocenters. The predicted molar refractivity (Wildman–Crippen MR) is 63.3 cm³/mol. The van der Waals surface area contributed by atoms with Crippen LogP contribution in [0.2, 0.25) is 0 Å². The van der Waals surface area contributed by atoms with Gasteiger partial charge in [0.05, 0.1) is 12.9 Å². The highest BCUT2D eigenvalue weighted by Gasteiger charge is 2.23. The maximum Gasteiger partial charge on any atom is 0.0949 e. The molecule has 1 saturated carbocycles. The SMILES string of the molecule is COCCn1cncc1[C@H]1CCC[C@@H](N)C1. The molecule has 2 rings (SSSR count). The van der Waals surface area contributed by atoms with Gasteiger partial charge in [0.2, 0.25) is 0 Å². The molecular formula is C12H21N3O. The minimum atomic E-state index is 0.365. The Morgan fingerprint density at radius 2 is 2.44 bits per heavy atom. The average Bonchev–Trinajstić information content (AvgIpc) is 2.74. The average molecular weight is 223 g/mol. The molecule has 2 N–H and O–H groups in total. The summed E-state index contributed by atoms with van der Waals surface area (Å²) >= 11 is 0. The Morgan fingerprint density at radius 1 is 1.56 bits per heavy atom. The first-order valence-electron chi connectivity index (χ1n) is 6.06. The van der Waals surface area contributed by atoms with Crippen LogP contribution in [0.25, 0.3) is 0 Å². The first kappa shape index (κ1) is 11.6. The molecule has 4 heteroatoms. The van der Waals surface area contributed by atoms with Crippen molar-refractivity contribution in [1.82, 2.24) is 9.55 Å². The van der Waals surface area contributed by atoms with Crippen LogP contribution in [0.15, 0.2) is 12.5 Å². The van der Waals surface area contributed by atoms with Crippen LogP contribution in [0.4, 0.5) is 0 Å². The summed E-state index contributed by atoms with van der Waals surface area (Å²) in [5.41, 5.74) is 7.35. The standard InChI is InChI=1S/C12H21N3O/c1-16-6-5-15-9-14-8-12(15)10-3-2-4-11(13)7-10/h8-11H,2-7,13H2,1H3/t10-,11+/m0/s1. The highest BCUT2D eigenvalue weighted by Crippen LogP contribution is 2.31. The van der Waals surface area contributed by atoms with Gasteiger partial charge >= 0.3 is 0 Å². The molecule has 16 heavy (non-hydrogen) atoms. The van der Waals surface area contributed by atoms with Crippen LogP contribution in [-0.2, 0) is 11.3 Å². The Hall–Kier alpha value is -0.870. The zero-order valence-electron chi connectivity index (χ0n) is 9.93. The van der Waals surface area contributed by atoms with Gasteiger partial charge in [-0.15, -0.1) is 0 Å². The molecule has 0 saturated heterocycles. The maximum absolute atomic E-state index is 6.03. The number of ether oxygens (including phenoxy) is 1. The Labute approximate surface area is 96.8 Å². The number of hydrogen-bond acceptors (Lipinski definition) is 3. The van der Waals surface area contributed by atoms with Crippen molar-refractivity contribution in [3.05, 3.63) is 18.2 Å². The summed E-state index contributed by atoms with van der Waals surface area (Å²) in [5.74, 6) is 0.586. The minimum Gasteiger partial charge on any atom is -0.383 e. The zero-order chi connectivity index (χ0) is 11.4. The van der Waals surface area contributed by atoms with Crippen molar-refractivity contribution >= 4 is 0 Å². The van der Waals surface area contributed by atoms with Gasteiger partial charge in [0.25, 0.3) is 0 Å². The van der Waals surface area contributed by atoms with E-state index in [0.717, 1.165) is 19.6 Å². The van der Waals surface area contributed by atoms with Gasteiger partial charge in [0.15, 0.2) is 0 Å². The number of nitrogens with two attached hydrogens (primary N) is 1. The van der Waals surface area contributed by atoms with Gasteiger partial charge in [0.1, 0.15) is 0 Å². The Bertz CT molecular complexity index is 324. The van der Waals surface area contributed by atoms with Crippen LogP contribution in [0, 0.1) is 0 Å². The van der Waals surface area contributed by atoms with Gasteiger partial charge < -0.3 is 15.0 Å². The van der Waals surface area contributed by atoms with Crippen LogP contribution in [-0.4, -0.2) is 29.3 Å². The third-order valence-corrected chi connectivity index (χ3v) is 3.41. The molecule has 4 nitrogen and oxygen atoms in total. The largest absolute Gasteiger partial charge is 0.383 e. The number of nitrogens with zero attached hydrogens (tertiary/aromatic N) is 2. The third kappa shape index (κ3) is 2.62. The Balaban J connectivity index is 2.04. The molecular weight excluding hydrogens is 202 g/mol. The van der Waals surface area contributed by atoms with E-state index in [4.69, 9.17) is 10.5 Å². The molecule has 0 bridgehead atoms. The van der Waals surface area contributed by atoms with E-state index < -0.39 is 0 Å². The first-order chi connectivity index (χ1) is 7.81. The fraction of sp³-hybridized carbons (Fsp3) is 0.750. The monoisotopic (exact) mass is 223 g/mol. The predicted octanol–water partition coefficient (Wildman–Crippen LogP) is 1.51. The molecule has 0 spiro atoms. The fourth-order valence-electron chi connectivity index (χ4n) is 2.54. The second-order valence-corrected chi connectivity index (χ2v) is 4.63. The number of rotatable bonds is 4. The van der Waals surface area contributed by atoms with Gasteiger partial charge in [0, 0.05) is 37.5 Å². The second kappa shape index (κ2) is 5.46. The van der Waals surface area contributed by atoms with E-state index in [2.05, 4.69) is 9.55 Å². The van der Waals surface area contributed by atoms with E-state index in [1.165, 1.54) is 25.0 Å². The number of aromatic nitrogens is 2. The van der Waals surface area contributed by atoms with E-state index in [-0.39, 0.29) is 0 Å². The lowest BCUT2D eigenvalue weighted by molar-refractivity contribution is 0.185. The summed E-state index contributed by atoms with van der Waals surface area (Å²) in [7, 11) is 1.73. The smallest absolute Gasteiger partial charge is 0.0949 e. The zero-order valence-corrected chi connectivity index (χ0v) is 9.93. The van der Waals surface area contributed by atoms with E-state index in [1.807, 2.05) is 12.5 Å². The summed E-state index contributed by atoms with van der Waals surface area (Å²) in [6.07, 6.45) is 8.63. The van der Waals surface area contributed by atoms with Gasteiger partial charge in [-0.05, 0) is 19.3 Å². The van der Waals surface area contributed by atoms with Crippen molar-refractivity contribution in [2.24, 2.45) is 5.73 Å². The maximum atomic E-state index is 6.03. The lowest BCUT2D eigenvalue weighted by Crippen LogP contribution is -2.27. The van der Waals surface area contributed by atoms with Crippen molar-refractivity contribution in [2.45, 2.75) is 44.2 Å². The van der Waals surface area contributed by atoms with Crippen LogP contribution >= 0.6 is 0 Å². The number of methoxy groups -OCH3 is 1. The summed E-state index contributed by atoms with van der Waals surface area (Å²) in [6, 6.07) is 0.365. The summed E-state index contributed by atoms with van der Waals surface area (Å²) in [6.45, 7) is 1.62. The van der Waals surface area contributed by atoms with Crippen molar-refractivity contribution in [2.75, 3.05) is 13.7 Å². The molecule has 1 aromatic rings. The van der Waals surface area contributed by atoms with Gasteiger partial charge in [-0.1, -0.05) is 6.42 Å². The summed E-state index contributed by atoms with van der Waals surface area (Å²) in [5, 5.41) is 0. The lowest BCUT2D eigenvalue weighted by atomic mass is 9.84. The van der Waals surface area contributed by atoms with Crippen molar-refractivity contribution < 1.29 is 4.74 Å². The van der Waals surface area contributed by atoms with Crippen molar-refractivity contribution in [3.63, 3.8) is 0 Å². The van der Waals surface area contributed by atoms with Crippen LogP contribution in [0.1, 0.15) is 37.3 Å². The molecule has 1 aromatic heterocycles. The Kier molecular flexibility index (Phi) is 3.96. The number of hydrogen-bond donors (Lipinski definition) is 1. The number of imidazole rings is 1. The van der Waals surface area contributed by atoms with E-state index >= 15 is 0 Å². The molecule has 0 unspecified atom stereocenters. The quantitative estimate of drug-likeness (QED) is 0.842. The van der Waals surface area contributed by atoms with E-state index in [0.29, 0.717) is 12.0 Å². The molecule has 0 aromatic carbocycles. The van der Waals surface area contributed by atoms with Crippen molar-refractivity contribution in [3.8, 4) is 0 Å². The molecule has 0 radical (unpaired) electrons. The fourth-order valence-corrected chi connectivity index (χ4v) is 2.54. The molecule has 1 aliphatic carbocycles. The van der Waals surface area contributed by atoms with Crippen LogP contribution in [0.3, 0.4) is 0 Å². The van der Waals surface area contributed by atoms with Gasteiger partial charge in [-0.3, -0.25) is 0 Å². The second-order valence-electron chi connectivity index (χ2n) is 4.63. The molecule has 0 aliphatic heterocycles. The van der Waals surface area contributed by atoms with Gasteiger partial charge in [-0.25, -0.2) is 4.98 Å². The molecule has 1 aliphatic rings. The minimum absolute atomic E-state index is 0.365. The van der Waals surface area contributed by atoms with E-state index in [9.17, 15) is 0 Å². The highest BCUT2D eigenvalue weighted by molar-refractivity contribution is 5.08. The third-order valence-electron chi connectivity index (χ3n) is 3.41. The molecule has 1 fully saturated rings. The van der Waals surface area contributed by atoms with Crippen molar-refractivity contribution in [1.29, 1.82) is 0 Å². The van der Waals surface area contributed by atoms with Crippen LogP contribution in [0.5, 0.6) is 0 Å². The van der Waals surface area contributed by atoms with E-state index in [1.54, 1.807) is 7.11 Å². The summed E-state index contributed by atoms with van der Waals surface area (Å²) < 4.78 is 7.31. The first-order valence-corrected chi connectivity index (χ1v) is 6.06. The normalized spacial score (nSPS) is 25.9. The van der Waals surface area contributed by atoms with Gasteiger partial charge in [-0.2, -0.15) is 0 Å². The van der Waals surface area contributed by atoms with Crippen LogP contribution < -0.4 is 5.73 Å². The molecule has 1 heterocycles.